The zero-order valence-corrected chi connectivity index (χ0v) is 6.42. The molecule has 0 spiro atoms. The van der Waals surface area contributed by atoms with E-state index in [1.54, 1.807) is 0 Å². The summed E-state index contributed by atoms with van der Waals surface area (Å²) in [6.45, 7) is 3.50. The Bertz CT molecular complexity index is 135. The van der Waals surface area contributed by atoms with Crippen molar-refractivity contribution >= 4 is 0 Å². The third-order valence-electron chi connectivity index (χ3n) is 4.06. The number of hydrogen-bond donors (Lipinski definition) is 0. The molecule has 0 aromatic heterocycles. The number of hydrogen-bond acceptors (Lipinski definition) is 1. The van der Waals surface area contributed by atoms with Crippen LogP contribution in [-0.4, -0.2) is 12.7 Å². The first-order chi connectivity index (χ1) is 4.88. The molecule has 0 radical (unpaired) electrons. The van der Waals surface area contributed by atoms with E-state index >= 15 is 0 Å². The zero-order valence-electron chi connectivity index (χ0n) is 6.42. The van der Waals surface area contributed by atoms with Gasteiger partial charge in [0.1, 0.15) is 0 Å². The molecule has 3 fully saturated rings. The first-order valence-electron chi connectivity index (χ1n) is 4.49. The van der Waals surface area contributed by atoms with Crippen molar-refractivity contribution in [3.8, 4) is 0 Å². The molecule has 3 rings (SSSR count). The standard InChI is InChI=1S/C9H14O/c1-5-6-2-3-7-8(5)4-10-9(6)7/h5-9H,2-4H2,1H3. The maximum Gasteiger partial charge on any atom is 0.0637 e. The van der Waals surface area contributed by atoms with Crippen molar-refractivity contribution in [1.29, 1.82) is 0 Å². The highest BCUT2D eigenvalue weighted by molar-refractivity contribution is 5.05. The van der Waals surface area contributed by atoms with E-state index in [2.05, 4.69) is 6.92 Å². The molecule has 56 valence electrons. The Morgan fingerprint density at radius 1 is 1.10 bits per heavy atom. The highest BCUT2D eigenvalue weighted by atomic mass is 16.5. The van der Waals surface area contributed by atoms with Crippen molar-refractivity contribution in [2.75, 3.05) is 6.61 Å². The Morgan fingerprint density at radius 2 is 1.90 bits per heavy atom. The smallest absolute Gasteiger partial charge is 0.0637 e. The van der Waals surface area contributed by atoms with Crippen molar-refractivity contribution in [1.82, 2.24) is 0 Å². The van der Waals surface area contributed by atoms with Gasteiger partial charge in [-0.25, -0.2) is 0 Å². The molecule has 0 amide bonds. The maximum atomic E-state index is 5.71. The van der Waals surface area contributed by atoms with E-state index in [1.807, 2.05) is 0 Å². The predicted octanol–water partition coefficient (Wildman–Crippen LogP) is 1.68. The largest absolute Gasteiger partial charge is 0.377 e. The van der Waals surface area contributed by atoms with Gasteiger partial charge in [-0.05, 0) is 36.5 Å². The van der Waals surface area contributed by atoms with Crippen LogP contribution >= 0.6 is 0 Å². The van der Waals surface area contributed by atoms with Crippen LogP contribution in [0.5, 0.6) is 0 Å². The van der Waals surface area contributed by atoms with Crippen molar-refractivity contribution in [2.24, 2.45) is 23.7 Å². The summed E-state index contributed by atoms with van der Waals surface area (Å²) in [5.74, 6) is 3.85. The van der Waals surface area contributed by atoms with Gasteiger partial charge in [0.25, 0.3) is 0 Å². The molecule has 2 aliphatic carbocycles. The summed E-state index contributed by atoms with van der Waals surface area (Å²) >= 11 is 0. The molecule has 5 unspecified atom stereocenters. The Kier molecular flexibility index (Phi) is 0.883. The lowest BCUT2D eigenvalue weighted by atomic mass is 9.81. The molecule has 0 N–H and O–H groups in total. The van der Waals surface area contributed by atoms with E-state index in [1.165, 1.54) is 12.8 Å². The quantitative estimate of drug-likeness (QED) is 0.495. The molecule has 4 bridgehead atoms. The van der Waals surface area contributed by atoms with Gasteiger partial charge in [0.2, 0.25) is 0 Å². The lowest BCUT2D eigenvalue weighted by Gasteiger charge is -2.28. The molecule has 1 heteroatoms. The first kappa shape index (κ1) is 5.59. The molecule has 5 atom stereocenters. The van der Waals surface area contributed by atoms with Gasteiger partial charge in [0.15, 0.2) is 0 Å². The third-order valence-corrected chi connectivity index (χ3v) is 4.06. The van der Waals surface area contributed by atoms with Gasteiger partial charge in [-0.2, -0.15) is 0 Å². The van der Waals surface area contributed by atoms with Crippen molar-refractivity contribution in [2.45, 2.75) is 25.9 Å². The number of ether oxygens (including phenoxy) is 1. The van der Waals surface area contributed by atoms with E-state index in [-0.39, 0.29) is 0 Å². The fourth-order valence-electron chi connectivity index (χ4n) is 3.50. The van der Waals surface area contributed by atoms with Crippen LogP contribution < -0.4 is 0 Å². The topological polar surface area (TPSA) is 9.23 Å². The Labute approximate surface area is 61.8 Å². The Morgan fingerprint density at radius 3 is 2.40 bits per heavy atom. The molecule has 2 saturated carbocycles. The molecule has 0 aromatic rings. The summed E-state index contributed by atoms with van der Waals surface area (Å²) in [6, 6.07) is 0. The van der Waals surface area contributed by atoms with Crippen LogP contribution in [0.25, 0.3) is 0 Å². The SMILES string of the molecule is CC1C2COC3C1CCC23. The van der Waals surface area contributed by atoms with Gasteiger partial charge < -0.3 is 4.74 Å². The summed E-state index contributed by atoms with van der Waals surface area (Å²) in [6.07, 6.45) is 3.61. The minimum absolute atomic E-state index is 0.694. The van der Waals surface area contributed by atoms with Crippen LogP contribution in [0.3, 0.4) is 0 Å². The fourth-order valence-corrected chi connectivity index (χ4v) is 3.50. The lowest BCUT2D eigenvalue weighted by molar-refractivity contribution is 0.0120. The van der Waals surface area contributed by atoms with E-state index in [0.29, 0.717) is 6.10 Å². The Balaban J connectivity index is 2.01. The molecule has 1 heterocycles. The highest BCUT2D eigenvalue weighted by Crippen LogP contribution is 2.57. The molecule has 10 heavy (non-hydrogen) atoms. The van der Waals surface area contributed by atoms with Gasteiger partial charge in [-0.1, -0.05) is 6.92 Å². The second-order valence-corrected chi connectivity index (χ2v) is 4.23. The highest BCUT2D eigenvalue weighted by Gasteiger charge is 2.57. The van der Waals surface area contributed by atoms with Crippen LogP contribution in [0, 0.1) is 23.7 Å². The minimum Gasteiger partial charge on any atom is -0.377 e. The summed E-state index contributed by atoms with van der Waals surface area (Å²) in [4.78, 5) is 0. The Hall–Kier alpha value is -0.0400. The second-order valence-electron chi connectivity index (χ2n) is 4.23. The van der Waals surface area contributed by atoms with Crippen LogP contribution in [0.1, 0.15) is 19.8 Å². The van der Waals surface area contributed by atoms with Gasteiger partial charge in [0.05, 0.1) is 12.7 Å². The van der Waals surface area contributed by atoms with E-state index in [0.717, 1.165) is 30.3 Å². The molecule has 3 aliphatic rings. The molecule has 1 nitrogen and oxygen atoms in total. The molecule has 1 aliphatic heterocycles. The molecule has 1 saturated heterocycles. The van der Waals surface area contributed by atoms with E-state index < -0.39 is 0 Å². The second kappa shape index (κ2) is 1.58. The van der Waals surface area contributed by atoms with Crippen LogP contribution in [0.15, 0.2) is 0 Å². The van der Waals surface area contributed by atoms with Gasteiger partial charge in [-0.3, -0.25) is 0 Å². The first-order valence-corrected chi connectivity index (χ1v) is 4.49. The molecular weight excluding hydrogens is 124 g/mol. The van der Waals surface area contributed by atoms with Gasteiger partial charge >= 0.3 is 0 Å². The van der Waals surface area contributed by atoms with Gasteiger partial charge in [0, 0.05) is 0 Å². The predicted molar refractivity (Wildman–Crippen MR) is 38.6 cm³/mol. The third kappa shape index (κ3) is 0.430. The van der Waals surface area contributed by atoms with Crippen LogP contribution in [0.4, 0.5) is 0 Å². The summed E-state index contributed by atoms with van der Waals surface area (Å²) in [7, 11) is 0. The molecular formula is C9H14O. The van der Waals surface area contributed by atoms with Gasteiger partial charge in [-0.15, -0.1) is 0 Å². The van der Waals surface area contributed by atoms with Crippen LogP contribution in [-0.2, 0) is 4.74 Å². The van der Waals surface area contributed by atoms with Crippen LogP contribution in [0.2, 0.25) is 0 Å². The lowest BCUT2D eigenvalue weighted by Crippen LogP contribution is -2.26. The normalized spacial score (nSPS) is 63.9. The van der Waals surface area contributed by atoms with E-state index in [4.69, 9.17) is 4.74 Å². The van der Waals surface area contributed by atoms with Crippen molar-refractivity contribution in [3.63, 3.8) is 0 Å². The average Bonchev–Trinajstić information content (AvgIpc) is 2.47. The fraction of sp³-hybridized carbons (Fsp3) is 1.00. The maximum absolute atomic E-state index is 5.71. The van der Waals surface area contributed by atoms with Crippen molar-refractivity contribution in [3.05, 3.63) is 0 Å². The van der Waals surface area contributed by atoms with Crippen molar-refractivity contribution < 1.29 is 4.74 Å². The average molecular weight is 138 g/mol. The monoisotopic (exact) mass is 138 g/mol. The minimum atomic E-state index is 0.694. The van der Waals surface area contributed by atoms with E-state index in [9.17, 15) is 0 Å². The summed E-state index contributed by atoms with van der Waals surface area (Å²) in [5, 5.41) is 0. The molecule has 0 aromatic carbocycles. The summed E-state index contributed by atoms with van der Waals surface area (Å²) in [5.41, 5.74) is 0. The summed E-state index contributed by atoms with van der Waals surface area (Å²) < 4.78 is 5.71. The zero-order chi connectivity index (χ0) is 6.72. The number of rotatable bonds is 0.